The highest BCUT2D eigenvalue weighted by molar-refractivity contribution is 5.93. The lowest BCUT2D eigenvalue weighted by Crippen LogP contribution is -2.35. The number of likely N-dealkylation sites (N-methyl/N-ethyl adjacent to an activating group) is 1. The van der Waals surface area contributed by atoms with Gasteiger partial charge in [-0.05, 0) is 43.3 Å². The normalized spacial score (nSPS) is 10.9. The average Bonchev–Trinajstić information content (AvgIpc) is 2.86. The van der Waals surface area contributed by atoms with Gasteiger partial charge in [-0.25, -0.2) is 9.18 Å². The maximum Gasteiger partial charge on any atom is 0.420 e. The van der Waals surface area contributed by atoms with E-state index < -0.39 is 5.76 Å². The first-order valence-electron chi connectivity index (χ1n) is 7.24. The van der Waals surface area contributed by atoms with Crippen LogP contribution >= 0.6 is 0 Å². The fourth-order valence-electron chi connectivity index (χ4n) is 2.51. The Kier molecular flexibility index (Phi) is 3.97. The second-order valence-corrected chi connectivity index (χ2v) is 5.04. The van der Waals surface area contributed by atoms with Gasteiger partial charge in [-0.1, -0.05) is 12.1 Å². The van der Waals surface area contributed by atoms with Gasteiger partial charge in [0.05, 0.1) is 5.52 Å². The summed E-state index contributed by atoms with van der Waals surface area (Å²) in [5.74, 6) is -1.21. The molecule has 0 aliphatic heterocycles. The first-order chi connectivity index (χ1) is 11.1. The van der Waals surface area contributed by atoms with Crippen LogP contribution in [0.2, 0.25) is 0 Å². The molecule has 0 spiro atoms. The summed E-state index contributed by atoms with van der Waals surface area (Å²) in [5, 5.41) is 0. The molecule has 1 aromatic heterocycles. The molecule has 0 aliphatic rings. The van der Waals surface area contributed by atoms with Gasteiger partial charge in [0.15, 0.2) is 5.58 Å². The Morgan fingerprint density at radius 2 is 1.87 bits per heavy atom. The average molecular weight is 314 g/mol. The predicted octanol–water partition coefficient (Wildman–Crippen LogP) is 2.79. The van der Waals surface area contributed by atoms with E-state index in [1.54, 1.807) is 24.3 Å². The number of hydrogen-bond donors (Lipinski definition) is 0. The number of hydrogen-bond acceptors (Lipinski definition) is 3. The number of anilines is 1. The van der Waals surface area contributed by atoms with Crippen LogP contribution in [-0.4, -0.2) is 17.0 Å². The van der Waals surface area contributed by atoms with Gasteiger partial charge in [0.2, 0.25) is 5.91 Å². The minimum absolute atomic E-state index is 0.138. The van der Waals surface area contributed by atoms with E-state index >= 15 is 0 Å². The molecule has 0 atom stereocenters. The van der Waals surface area contributed by atoms with Crippen molar-refractivity contribution in [3.8, 4) is 0 Å². The summed E-state index contributed by atoms with van der Waals surface area (Å²) in [5.41, 5.74) is 1.59. The summed E-state index contributed by atoms with van der Waals surface area (Å²) >= 11 is 0. The summed E-state index contributed by atoms with van der Waals surface area (Å²) in [6.45, 7) is 2.09. The Balaban J connectivity index is 1.91. The first kappa shape index (κ1) is 15.0. The van der Waals surface area contributed by atoms with Gasteiger partial charge in [-0.15, -0.1) is 0 Å². The van der Waals surface area contributed by atoms with Crippen LogP contribution in [0.25, 0.3) is 11.1 Å². The number of halogens is 1. The SMILES string of the molecule is CCN(C(=O)Cn1c(=O)oc2ccccc21)c1ccc(F)cc1. The number of nitrogens with zero attached hydrogens (tertiary/aromatic N) is 2. The molecule has 2 aromatic carbocycles. The standard InChI is InChI=1S/C17H15FN2O3/c1-2-19(13-9-7-12(18)8-10-13)16(21)11-20-14-5-3-4-6-15(14)23-17(20)22/h3-10H,2,11H2,1H3. The van der Waals surface area contributed by atoms with Crippen LogP contribution in [-0.2, 0) is 11.3 Å². The maximum absolute atomic E-state index is 13.0. The highest BCUT2D eigenvalue weighted by Gasteiger charge is 2.18. The molecule has 0 saturated heterocycles. The fourth-order valence-corrected chi connectivity index (χ4v) is 2.51. The first-order valence-corrected chi connectivity index (χ1v) is 7.24. The fraction of sp³-hybridized carbons (Fsp3) is 0.176. The summed E-state index contributed by atoms with van der Waals surface area (Å²) in [4.78, 5) is 26.0. The smallest absolute Gasteiger partial charge is 0.408 e. The third-order valence-corrected chi connectivity index (χ3v) is 3.62. The number of benzene rings is 2. The zero-order valence-electron chi connectivity index (χ0n) is 12.5. The number of amides is 1. The van der Waals surface area contributed by atoms with E-state index in [4.69, 9.17) is 4.42 Å². The maximum atomic E-state index is 13.0. The van der Waals surface area contributed by atoms with Crippen LogP contribution in [0.3, 0.4) is 0 Å². The van der Waals surface area contributed by atoms with Crippen molar-refractivity contribution in [3.63, 3.8) is 0 Å². The molecule has 0 fully saturated rings. The topological polar surface area (TPSA) is 55.5 Å². The van der Waals surface area contributed by atoms with E-state index in [1.807, 2.05) is 6.92 Å². The number of rotatable bonds is 4. The lowest BCUT2D eigenvalue weighted by atomic mass is 10.2. The van der Waals surface area contributed by atoms with E-state index in [9.17, 15) is 14.0 Å². The van der Waals surface area contributed by atoms with E-state index in [2.05, 4.69) is 0 Å². The van der Waals surface area contributed by atoms with Gasteiger partial charge in [0.25, 0.3) is 0 Å². The molecule has 0 bridgehead atoms. The van der Waals surface area contributed by atoms with Crippen molar-refractivity contribution >= 4 is 22.7 Å². The Bertz CT molecular complexity index is 896. The molecule has 0 unspecified atom stereocenters. The summed E-state index contributed by atoms with van der Waals surface area (Å²) in [6.07, 6.45) is 0. The van der Waals surface area contributed by atoms with Crippen molar-refractivity contribution < 1.29 is 13.6 Å². The Labute approximate surface area is 131 Å². The molecule has 1 amide bonds. The highest BCUT2D eigenvalue weighted by atomic mass is 19.1. The number of carbonyl (C=O) groups is 1. The van der Waals surface area contributed by atoms with Crippen molar-refractivity contribution in [1.29, 1.82) is 0 Å². The molecule has 3 aromatic rings. The molecule has 0 radical (unpaired) electrons. The van der Waals surface area contributed by atoms with Gasteiger partial charge < -0.3 is 9.32 Å². The third-order valence-electron chi connectivity index (χ3n) is 3.62. The number of aromatic nitrogens is 1. The quantitative estimate of drug-likeness (QED) is 0.744. The van der Waals surface area contributed by atoms with Crippen LogP contribution in [0.5, 0.6) is 0 Å². The van der Waals surface area contributed by atoms with Crippen molar-refractivity contribution in [2.75, 3.05) is 11.4 Å². The van der Waals surface area contributed by atoms with Crippen molar-refractivity contribution in [1.82, 2.24) is 4.57 Å². The molecule has 0 N–H and O–H groups in total. The van der Waals surface area contributed by atoms with Crippen molar-refractivity contribution in [2.45, 2.75) is 13.5 Å². The van der Waals surface area contributed by atoms with Gasteiger partial charge >= 0.3 is 5.76 Å². The Hall–Kier alpha value is -2.89. The van der Waals surface area contributed by atoms with Crippen LogP contribution in [0, 0.1) is 5.82 Å². The lowest BCUT2D eigenvalue weighted by Gasteiger charge is -2.21. The monoisotopic (exact) mass is 314 g/mol. The summed E-state index contributed by atoms with van der Waals surface area (Å²) in [6, 6.07) is 12.6. The molecular weight excluding hydrogens is 299 g/mol. The van der Waals surface area contributed by atoms with E-state index in [1.165, 1.54) is 33.7 Å². The lowest BCUT2D eigenvalue weighted by molar-refractivity contribution is -0.119. The molecule has 6 heteroatoms. The second kappa shape index (κ2) is 6.08. The number of fused-ring (bicyclic) bond motifs is 1. The zero-order chi connectivity index (χ0) is 16.4. The van der Waals surface area contributed by atoms with E-state index in [0.29, 0.717) is 23.3 Å². The van der Waals surface area contributed by atoms with Crippen LogP contribution in [0.15, 0.2) is 57.7 Å². The second-order valence-electron chi connectivity index (χ2n) is 5.04. The molecule has 3 rings (SSSR count). The van der Waals surface area contributed by atoms with Crippen molar-refractivity contribution in [3.05, 3.63) is 64.9 Å². The zero-order valence-corrected chi connectivity index (χ0v) is 12.5. The van der Waals surface area contributed by atoms with Crippen molar-refractivity contribution in [2.24, 2.45) is 0 Å². The van der Waals surface area contributed by atoms with Crippen LogP contribution in [0.4, 0.5) is 10.1 Å². The molecule has 1 heterocycles. The largest absolute Gasteiger partial charge is 0.420 e. The number of carbonyl (C=O) groups excluding carboxylic acids is 1. The van der Waals surface area contributed by atoms with E-state index in [-0.39, 0.29) is 18.3 Å². The minimum atomic E-state index is -0.574. The van der Waals surface area contributed by atoms with Crippen LogP contribution < -0.4 is 10.7 Å². The Morgan fingerprint density at radius 3 is 2.57 bits per heavy atom. The Morgan fingerprint density at radius 1 is 1.17 bits per heavy atom. The molecule has 23 heavy (non-hydrogen) atoms. The summed E-state index contributed by atoms with van der Waals surface area (Å²) in [7, 11) is 0. The third kappa shape index (κ3) is 2.88. The van der Waals surface area contributed by atoms with E-state index in [0.717, 1.165) is 0 Å². The molecular formula is C17H15FN2O3. The predicted molar refractivity (Wildman–Crippen MR) is 84.9 cm³/mol. The molecule has 0 saturated carbocycles. The summed E-state index contributed by atoms with van der Waals surface area (Å²) < 4.78 is 19.4. The van der Waals surface area contributed by atoms with Gasteiger partial charge in [-0.2, -0.15) is 0 Å². The highest BCUT2D eigenvalue weighted by Crippen LogP contribution is 2.17. The minimum Gasteiger partial charge on any atom is -0.408 e. The van der Waals surface area contributed by atoms with Gasteiger partial charge in [0.1, 0.15) is 12.4 Å². The molecule has 5 nitrogen and oxygen atoms in total. The molecule has 0 aliphatic carbocycles. The van der Waals surface area contributed by atoms with Gasteiger partial charge in [0, 0.05) is 12.2 Å². The van der Waals surface area contributed by atoms with Gasteiger partial charge in [-0.3, -0.25) is 9.36 Å². The van der Waals surface area contributed by atoms with Crippen LogP contribution in [0.1, 0.15) is 6.92 Å². The number of oxazole rings is 1. The number of para-hydroxylation sites is 2. The molecule has 118 valence electrons.